The number of carbonyl (C=O) groups excluding carboxylic acids is 1. The van der Waals surface area contributed by atoms with Crippen molar-refractivity contribution in [3.63, 3.8) is 0 Å². The highest BCUT2D eigenvalue weighted by atomic mass is 35.5. The van der Waals surface area contributed by atoms with E-state index in [2.05, 4.69) is 10.2 Å². The molecule has 1 aromatic carbocycles. The number of rotatable bonds is 3. The lowest BCUT2D eigenvalue weighted by atomic mass is 9.90. The van der Waals surface area contributed by atoms with Crippen molar-refractivity contribution < 1.29 is 4.79 Å². The van der Waals surface area contributed by atoms with Crippen LogP contribution in [0.3, 0.4) is 0 Å². The van der Waals surface area contributed by atoms with Crippen LogP contribution in [0.4, 0.5) is 5.69 Å². The Morgan fingerprint density at radius 3 is 2.55 bits per heavy atom. The zero-order valence-electron chi connectivity index (χ0n) is 12.0. The zero-order valence-corrected chi connectivity index (χ0v) is 12.8. The third-order valence-corrected chi connectivity index (χ3v) is 4.72. The number of nitrogens with one attached hydrogen (secondary N) is 1. The van der Waals surface area contributed by atoms with E-state index in [1.807, 2.05) is 31.2 Å². The standard InChI is InChI=1S/C16H22N2O.ClH/c1-13-6-2-3-7-14(13)17-15(19)12-16-8-4-10-18(16)11-5-9-16;/h2-3,6-7H,4-5,8-12H2,1H3,(H,17,19);1H. The van der Waals surface area contributed by atoms with Gasteiger partial charge in [0.1, 0.15) is 0 Å². The maximum absolute atomic E-state index is 12.3. The van der Waals surface area contributed by atoms with Crippen molar-refractivity contribution in [3.05, 3.63) is 29.8 Å². The first-order chi connectivity index (χ1) is 9.20. The minimum absolute atomic E-state index is 0. The van der Waals surface area contributed by atoms with E-state index >= 15 is 0 Å². The summed E-state index contributed by atoms with van der Waals surface area (Å²) in [4.78, 5) is 14.9. The van der Waals surface area contributed by atoms with Gasteiger partial charge in [-0.3, -0.25) is 9.69 Å². The lowest BCUT2D eigenvalue weighted by Gasteiger charge is -2.31. The predicted molar refractivity (Wildman–Crippen MR) is 84.4 cm³/mol. The van der Waals surface area contributed by atoms with Gasteiger partial charge >= 0.3 is 0 Å². The van der Waals surface area contributed by atoms with E-state index in [0.717, 1.165) is 11.3 Å². The van der Waals surface area contributed by atoms with E-state index in [4.69, 9.17) is 0 Å². The molecule has 0 aromatic heterocycles. The summed E-state index contributed by atoms with van der Waals surface area (Å²) < 4.78 is 0. The highest BCUT2D eigenvalue weighted by molar-refractivity contribution is 5.92. The maximum Gasteiger partial charge on any atom is 0.226 e. The van der Waals surface area contributed by atoms with E-state index in [9.17, 15) is 4.79 Å². The van der Waals surface area contributed by atoms with Crippen molar-refractivity contribution in [2.24, 2.45) is 0 Å². The normalized spacial score (nSPS) is 20.2. The molecule has 1 N–H and O–H groups in total. The molecule has 0 bridgehead atoms. The number of fused-ring (bicyclic) bond motifs is 1. The molecule has 0 atom stereocenters. The number of carbonyl (C=O) groups is 1. The lowest BCUT2D eigenvalue weighted by molar-refractivity contribution is -0.118. The summed E-state index contributed by atoms with van der Waals surface area (Å²) in [7, 11) is 0. The van der Waals surface area contributed by atoms with E-state index in [0.29, 0.717) is 6.42 Å². The van der Waals surface area contributed by atoms with Gasteiger partial charge in [0.25, 0.3) is 0 Å². The van der Waals surface area contributed by atoms with Crippen molar-refractivity contribution in [1.82, 2.24) is 4.90 Å². The zero-order chi connectivity index (χ0) is 13.3. The van der Waals surface area contributed by atoms with Gasteiger partial charge in [0.15, 0.2) is 0 Å². The molecule has 1 amide bonds. The third kappa shape index (κ3) is 2.84. The predicted octanol–water partition coefficient (Wildman–Crippen LogP) is 3.37. The monoisotopic (exact) mass is 294 g/mol. The van der Waals surface area contributed by atoms with Gasteiger partial charge < -0.3 is 5.32 Å². The van der Waals surface area contributed by atoms with Crippen LogP contribution in [-0.4, -0.2) is 29.4 Å². The highest BCUT2D eigenvalue weighted by Gasteiger charge is 2.45. The fraction of sp³-hybridized carbons (Fsp3) is 0.562. The molecule has 1 aromatic rings. The topological polar surface area (TPSA) is 32.3 Å². The van der Waals surface area contributed by atoms with Crippen LogP contribution in [0.5, 0.6) is 0 Å². The fourth-order valence-electron chi connectivity index (χ4n) is 3.72. The van der Waals surface area contributed by atoms with E-state index in [1.165, 1.54) is 38.8 Å². The molecular formula is C16H23ClN2O. The summed E-state index contributed by atoms with van der Waals surface area (Å²) in [6.45, 7) is 4.39. The summed E-state index contributed by atoms with van der Waals surface area (Å²) in [6, 6.07) is 7.98. The molecule has 2 heterocycles. The molecule has 0 spiro atoms. The molecule has 2 aliphatic heterocycles. The summed E-state index contributed by atoms with van der Waals surface area (Å²) in [5, 5.41) is 3.08. The van der Waals surface area contributed by atoms with Gasteiger partial charge in [-0.25, -0.2) is 0 Å². The van der Waals surface area contributed by atoms with Gasteiger partial charge in [-0.15, -0.1) is 12.4 Å². The number of hydrogen-bond donors (Lipinski definition) is 1. The summed E-state index contributed by atoms with van der Waals surface area (Å²) in [6.07, 6.45) is 5.53. The molecule has 0 aliphatic carbocycles. The molecule has 0 radical (unpaired) electrons. The minimum Gasteiger partial charge on any atom is -0.326 e. The highest BCUT2D eigenvalue weighted by Crippen LogP contribution is 2.41. The second-order valence-corrected chi connectivity index (χ2v) is 5.96. The van der Waals surface area contributed by atoms with E-state index in [1.54, 1.807) is 0 Å². The van der Waals surface area contributed by atoms with Crippen LogP contribution < -0.4 is 5.32 Å². The second kappa shape index (κ2) is 6.15. The van der Waals surface area contributed by atoms with Crippen LogP contribution >= 0.6 is 12.4 Å². The second-order valence-electron chi connectivity index (χ2n) is 5.96. The summed E-state index contributed by atoms with van der Waals surface area (Å²) in [5.41, 5.74) is 2.25. The Bertz CT molecular complexity index is 479. The first-order valence-corrected chi connectivity index (χ1v) is 7.30. The molecule has 4 heteroatoms. The number of amides is 1. The Kier molecular flexibility index (Phi) is 4.71. The molecule has 0 unspecified atom stereocenters. The fourth-order valence-corrected chi connectivity index (χ4v) is 3.72. The van der Waals surface area contributed by atoms with Gasteiger partial charge in [-0.1, -0.05) is 18.2 Å². The molecule has 2 saturated heterocycles. The van der Waals surface area contributed by atoms with Gasteiger partial charge in [-0.05, 0) is 57.3 Å². The first kappa shape index (κ1) is 15.3. The van der Waals surface area contributed by atoms with Gasteiger partial charge in [-0.2, -0.15) is 0 Å². The van der Waals surface area contributed by atoms with Crippen molar-refractivity contribution in [1.29, 1.82) is 0 Å². The van der Waals surface area contributed by atoms with Gasteiger partial charge in [0.2, 0.25) is 5.91 Å². The van der Waals surface area contributed by atoms with Crippen LogP contribution in [-0.2, 0) is 4.79 Å². The largest absolute Gasteiger partial charge is 0.326 e. The van der Waals surface area contributed by atoms with Gasteiger partial charge in [0.05, 0.1) is 0 Å². The van der Waals surface area contributed by atoms with E-state index < -0.39 is 0 Å². The Morgan fingerprint density at radius 2 is 1.90 bits per heavy atom. The Morgan fingerprint density at radius 1 is 1.25 bits per heavy atom. The average molecular weight is 295 g/mol. The first-order valence-electron chi connectivity index (χ1n) is 7.30. The molecule has 2 aliphatic rings. The van der Waals surface area contributed by atoms with Gasteiger partial charge in [0, 0.05) is 17.6 Å². The smallest absolute Gasteiger partial charge is 0.226 e. The van der Waals surface area contributed by atoms with Crippen LogP contribution in [0.15, 0.2) is 24.3 Å². The molecule has 0 saturated carbocycles. The average Bonchev–Trinajstić information content (AvgIpc) is 2.91. The number of halogens is 1. The van der Waals surface area contributed by atoms with E-state index in [-0.39, 0.29) is 23.9 Å². The molecule has 2 fully saturated rings. The van der Waals surface area contributed by atoms with Crippen LogP contribution in [0.1, 0.15) is 37.7 Å². The Hall–Kier alpha value is -1.06. The van der Waals surface area contributed by atoms with Crippen LogP contribution in [0.2, 0.25) is 0 Å². The van der Waals surface area contributed by atoms with Crippen LogP contribution in [0.25, 0.3) is 0 Å². The summed E-state index contributed by atoms with van der Waals surface area (Å²) >= 11 is 0. The Labute approximate surface area is 127 Å². The number of benzene rings is 1. The number of aryl methyl sites for hydroxylation is 1. The molecule has 110 valence electrons. The number of hydrogen-bond acceptors (Lipinski definition) is 2. The minimum atomic E-state index is 0. The van der Waals surface area contributed by atoms with Crippen LogP contribution in [0, 0.1) is 6.92 Å². The quantitative estimate of drug-likeness (QED) is 0.927. The molecular weight excluding hydrogens is 272 g/mol. The molecule has 20 heavy (non-hydrogen) atoms. The Balaban J connectivity index is 0.00000147. The third-order valence-electron chi connectivity index (χ3n) is 4.72. The SMILES string of the molecule is Cc1ccccc1NC(=O)CC12CCCN1CCC2.Cl. The van der Waals surface area contributed by atoms with Crippen molar-refractivity contribution in [2.45, 2.75) is 44.6 Å². The summed E-state index contributed by atoms with van der Waals surface area (Å²) in [5.74, 6) is 0.170. The number of para-hydroxylation sites is 1. The lowest BCUT2D eigenvalue weighted by Crippen LogP contribution is -2.41. The number of anilines is 1. The van der Waals surface area contributed by atoms with Crippen molar-refractivity contribution in [2.75, 3.05) is 18.4 Å². The molecule has 3 rings (SSSR count). The van der Waals surface area contributed by atoms with Crippen molar-refractivity contribution in [3.8, 4) is 0 Å². The molecule has 3 nitrogen and oxygen atoms in total. The van der Waals surface area contributed by atoms with Crippen molar-refractivity contribution >= 4 is 24.0 Å². The number of nitrogens with zero attached hydrogens (tertiary/aromatic N) is 1. The maximum atomic E-state index is 12.3.